The van der Waals surface area contributed by atoms with Gasteiger partial charge in [-0.3, -0.25) is 14.4 Å². The Morgan fingerprint density at radius 2 is 1.00 bits per heavy atom. The summed E-state index contributed by atoms with van der Waals surface area (Å²) in [5.74, 6) is 0.326. The van der Waals surface area contributed by atoms with Crippen LogP contribution in [0.5, 0.6) is 0 Å². The third-order valence-corrected chi connectivity index (χ3v) is 15.6. The Morgan fingerprint density at radius 1 is 0.565 bits per heavy atom. The van der Waals surface area contributed by atoms with Crippen LogP contribution in [0.1, 0.15) is 81.7 Å². The fourth-order valence-electron chi connectivity index (χ4n) is 13.4. The number of hydrogen-bond donors (Lipinski definition) is 3. The number of Topliss-reactive ketones (excluding diaryl/α,β-unsaturated/α-hetero) is 1. The molecule has 4 aliphatic heterocycles. The minimum atomic E-state index is -0.943. The summed E-state index contributed by atoms with van der Waals surface area (Å²) in [5, 5.41) is 25.1. The van der Waals surface area contributed by atoms with Crippen molar-refractivity contribution in [3.63, 3.8) is 0 Å². The van der Waals surface area contributed by atoms with Crippen LogP contribution in [-0.4, -0.2) is 41.4 Å². The SMILES string of the molecule is N#C[C@]1(N)C[C@@H]2C[C@H]1n1c3ccccc3c3c4c(c5c6ccccc6n2c5c31)C(=O)NC4.O=C1NCc2c1c1c3ccccc3n3c1c1c2c2ccccc2n1[C@@H]1C[C@H]3CC1=O. The Labute approximate surface area is 351 Å². The molecule has 2 amide bonds. The van der Waals surface area contributed by atoms with Crippen molar-refractivity contribution in [3.05, 3.63) is 119 Å². The molecule has 0 spiro atoms. The number of carbonyl (C=O) groups excluding carboxylic acids is 3. The average molecular weight is 809 g/mol. The lowest BCUT2D eigenvalue weighted by Crippen LogP contribution is -2.43. The lowest BCUT2D eigenvalue weighted by molar-refractivity contribution is -0.120. The molecule has 4 N–H and O–H groups in total. The maximum absolute atomic E-state index is 13.2. The van der Waals surface area contributed by atoms with Crippen molar-refractivity contribution < 1.29 is 14.4 Å². The number of nitrogens with zero attached hydrogens (tertiary/aromatic N) is 5. The van der Waals surface area contributed by atoms with Crippen LogP contribution in [0, 0.1) is 11.3 Å². The van der Waals surface area contributed by atoms with E-state index >= 15 is 0 Å². The van der Waals surface area contributed by atoms with Crippen molar-refractivity contribution in [1.82, 2.24) is 28.9 Å². The number of fused-ring (bicyclic) bond motifs is 26. The summed E-state index contributed by atoms with van der Waals surface area (Å²) in [5.41, 5.74) is 18.5. The molecule has 298 valence electrons. The van der Waals surface area contributed by atoms with Gasteiger partial charge in [0.15, 0.2) is 5.78 Å². The molecule has 2 fully saturated rings. The highest BCUT2D eigenvalue weighted by molar-refractivity contribution is 6.32. The molecule has 2 aliphatic carbocycles. The maximum atomic E-state index is 13.2. The largest absolute Gasteiger partial charge is 0.348 e. The summed E-state index contributed by atoms with van der Waals surface area (Å²) in [6.45, 7) is 1.06. The number of ketones is 1. The molecule has 6 aliphatic rings. The Kier molecular flexibility index (Phi) is 5.86. The van der Waals surface area contributed by atoms with E-state index in [1.165, 1.54) is 0 Å². The number of nitriles is 1. The molecule has 0 unspecified atom stereocenters. The highest BCUT2D eigenvalue weighted by Gasteiger charge is 2.51. The van der Waals surface area contributed by atoms with Gasteiger partial charge in [0.1, 0.15) is 5.54 Å². The van der Waals surface area contributed by atoms with E-state index in [4.69, 9.17) is 5.73 Å². The molecular weight excluding hydrogens is 773 g/mol. The van der Waals surface area contributed by atoms with Crippen molar-refractivity contribution in [2.45, 2.75) is 68.5 Å². The van der Waals surface area contributed by atoms with Crippen LogP contribution < -0.4 is 16.4 Å². The van der Waals surface area contributed by atoms with Crippen molar-refractivity contribution >= 4 is 105 Å². The van der Waals surface area contributed by atoms with E-state index < -0.39 is 5.54 Å². The average Bonchev–Trinajstić information content (AvgIpc) is 4.17. The summed E-state index contributed by atoms with van der Waals surface area (Å²) in [6, 6.07) is 35.9. The van der Waals surface area contributed by atoms with Gasteiger partial charge in [0, 0.05) is 103 Å². The topological polar surface area (TPSA) is 145 Å². The molecule has 16 rings (SSSR count). The second kappa shape index (κ2) is 10.9. The van der Waals surface area contributed by atoms with Gasteiger partial charge >= 0.3 is 0 Å². The fraction of sp³-hybridized carbons (Fsp3) is 0.216. The first-order valence-electron chi connectivity index (χ1n) is 21.7. The van der Waals surface area contributed by atoms with Gasteiger partial charge in [0.25, 0.3) is 11.8 Å². The normalized spacial score (nSPS) is 23.9. The molecule has 10 aromatic rings. The van der Waals surface area contributed by atoms with E-state index in [0.29, 0.717) is 31.7 Å². The quantitative estimate of drug-likeness (QED) is 0.140. The third kappa shape index (κ3) is 3.62. The van der Waals surface area contributed by atoms with Gasteiger partial charge in [0.05, 0.1) is 51.3 Å². The van der Waals surface area contributed by atoms with Crippen LogP contribution >= 0.6 is 0 Å². The monoisotopic (exact) mass is 808 g/mol. The van der Waals surface area contributed by atoms with Gasteiger partial charge in [-0.15, -0.1) is 0 Å². The zero-order chi connectivity index (χ0) is 41.1. The minimum Gasteiger partial charge on any atom is -0.348 e. The Bertz CT molecular complexity index is 3910. The number of para-hydroxylation sites is 4. The number of benzene rings is 6. The molecular formula is C51H36N8O3. The number of rotatable bonds is 0. The van der Waals surface area contributed by atoms with Gasteiger partial charge in [-0.05, 0) is 48.2 Å². The zero-order valence-corrected chi connectivity index (χ0v) is 33.3. The predicted molar refractivity (Wildman–Crippen MR) is 239 cm³/mol. The maximum Gasteiger partial charge on any atom is 0.252 e. The van der Waals surface area contributed by atoms with Crippen molar-refractivity contribution in [1.29, 1.82) is 5.26 Å². The minimum absolute atomic E-state index is 0.00115. The van der Waals surface area contributed by atoms with E-state index in [-0.39, 0.29) is 36.0 Å². The van der Waals surface area contributed by atoms with Crippen LogP contribution in [0.2, 0.25) is 0 Å². The molecule has 0 radical (unpaired) electrons. The summed E-state index contributed by atoms with van der Waals surface area (Å²) < 4.78 is 9.39. The van der Waals surface area contributed by atoms with Crippen LogP contribution in [0.25, 0.3) is 87.2 Å². The summed E-state index contributed by atoms with van der Waals surface area (Å²) in [7, 11) is 0. The predicted octanol–water partition coefficient (Wildman–Crippen LogP) is 8.86. The standard InChI is InChI=1S/C26H19N5O.C25H17N3O2/c27-12-26(28)10-13-9-19(26)31-18-8-4-1-5-14(18)20-16-11-29-25(32)22(16)21-15-6-2-3-7-17(15)30(13)24(21)23(20)31;29-19-10-12-9-18(19)28-17-8-4-1-5-13(17)20-15-11-26-25(30)22(15)21-14-6-2-3-7-16(14)27(12)24(21)23(20)28/h1-8,13,19H,9-11,28H2,(H,29,32);1-8,12,18H,9-11H2,(H,26,30)/t13-,19+,26+;12-,18+/m00/s1. The van der Waals surface area contributed by atoms with E-state index in [0.717, 1.165) is 122 Å². The van der Waals surface area contributed by atoms with E-state index in [9.17, 15) is 19.6 Å². The first kappa shape index (κ1) is 33.3. The molecule has 5 atom stereocenters. The van der Waals surface area contributed by atoms with Crippen LogP contribution in [-0.2, 0) is 17.9 Å². The smallest absolute Gasteiger partial charge is 0.252 e. The van der Waals surface area contributed by atoms with Crippen LogP contribution in [0.4, 0.5) is 0 Å². The Balaban J connectivity index is 0.000000117. The van der Waals surface area contributed by atoms with Crippen molar-refractivity contribution in [2.75, 3.05) is 0 Å². The second-order valence-corrected chi connectivity index (χ2v) is 18.4. The lowest BCUT2D eigenvalue weighted by atomic mass is 9.94. The van der Waals surface area contributed by atoms with Gasteiger partial charge in [-0.2, -0.15) is 5.26 Å². The number of carbonyl (C=O) groups is 3. The number of amides is 2. The first-order valence-corrected chi connectivity index (χ1v) is 21.7. The molecule has 8 heterocycles. The van der Waals surface area contributed by atoms with Gasteiger partial charge in [-0.25, -0.2) is 0 Å². The summed E-state index contributed by atoms with van der Waals surface area (Å²) in [4.78, 5) is 39.4. The third-order valence-electron chi connectivity index (χ3n) is 15.6. The van der Waals surface area contributed by atoms with E-state index in [2.05, 4.69) is 95.6 Å². The molecule has 6 aromatic carbocycles. The second-order valence-electron chi connectivity index (χ2n) is 18.4. The number of nitrogens with one attached hydrogen (secondary N) is 2. The van der Waals surface area contributed by atoms with E-state index in [1.807, 2.05) is 36.4 Å². The molecule has 4 aromatic heterocycles. The van der Waals surface area contributed by atoms with Crippen LogP contribution in [0.3, 0.4) is 0 Å². The van der Waals surface area contributed by atoms with E-state index in [1.54, 1.807) is 0 Å². The fourth-order valence-corrected chi connectivity index (χ4v) is 13.4. The number of nitrogens with two attached hydrogens (primary N) is 1. The van der Waals surface area contributed by atoms with Crippen molar-refractivity contribution in [2.24, 2.45) is 5.73 Å². The number of aromatic nitrogens is 4. The molecule has 4 bridgehead atoms. The van der Waals surface area contributed by atoms with Gasteiger partial charge < -0.3 is 34.6 Å². The lowest BCUT2D eigenvalue weighted by Gasteiger charge is -2.28. The first-order chi connectivity index (χ1) is 30.4. The number of hydrogen-bond acceptors (Lipinski definition) is 5. The Hall–Kier alpha value is -7.42. The zero-order valence-electron chi connectivity index (χ0n) is 33.3. The van der Waals surface area contributed by atoms with Crippen LogP contribution in [0.15, 0.2) is 97.1 Å². The Morgan fingerprint density at radius 3 is 1.53 bits per heavy atom. The molecule has 11 nitrogen and oxygen atoms in total. The van der Waals surface area contributed by atoms with Gasteiger partial charge in [0.2, 0.25) is 0 Å². The highest BCUT2D eigenvalue weighted by atomic mass is 16.2. The molecule has 2 saturated carbocycles. The summed E-state index contributed by atoms with van der Waals surface area (Å²) in [6.07, 6.45) is 2.76. The highest BCUT2D eigenvalue weighted by Crippen LogP contribution is 2.56. The van der Waals surface area contributed by atoms with Gasteiger partial charge in [-0.1, -0.05) is 72.8 Å². The molecule has 11 heteroatoms. The summed E-state index contributed by atoms with van der Waals surface area (Å²) >= 11 is 0. The molecule has 0 saturated heterocycles. The van der Waals surface area contributed by atoms with Crippen molar-refractivity contribution in [3.8, 4) is 6.07 Å². The molecule has 62 heavy (non-hydrogen) atoms.